The standard InChI is InChI=1S/C41H55N13O8/c1-3-51-15-19-53(20-16-52(4-2)18-22-54(21-17-51)26-35(58)59)25-33(55)45-29-9-11-30(12-10-29)47-39(61)32(13-14-34(56)57)48-38(60)27-5-7-28(8-6-27)43-23-31-24-44-37-36(46-31)40(62)50-41(42)49-37/h5-12,24,32,43H,3-4,13-23,25-26H2,1-2H3,(H,45,55)(H,47,61)(H,48,60)(H,56,57)(H,58,59)(H3,42,44,49,50,62). The van der Waals surface area contributed by atoms with Crippen LogP contribution < -0.4 is 32.6 Å². The first-order valence-electron chi connectivity index (χ1n) is 20.5. The molecule has 0 radical (unpaired) electrons. The molecule has 62 heavy (non-hydrogen) atoms. The molecule has 21 nitrogen and oxygen atoms in total. The lowest BCUT2D eigenvalue weighted by Crippen LogP contribution is -2.48. The predicted molar refractivity (Wildman–Crippen MR) is 233 cm³/mol. The Balaban J connectivity index is 1.13. The van der Waals surface area contributed by atoms with Crippen LogP contribution >= 0.6 is 0 Å². The maximum Gasteiger partial charge on any atom is 0.317 e. The van der Waals surface area contributed by atoms with Crippen molar-refractivity contribution >= 4 is 63.8 Å². The van der Waals surface area contributed by atoms with Gasteiger partial charge in [0, 0.05) is 81.4 Å². The van der Waals surface area contributed by atoms with E-state index in [0.717, 1.165) is 39.3 Å². The lowest BCUT2D eigenvalue weighted by molar-refractivity contribution is -0.139. The molecule has 1 atom stereocenters. The molecule has 3 heterocycles. The zero-order chi connectivity index (χ0) is 44.6. The van der Waals surface area contributed by atoms with Gasteiger partial charge >= 0.3 is 11.9 Å². The number of H-pyrrole nitrogens is 1. The van der Waals surface area contributed by atoms with Gasteiger partial charge in [0.1, 0.15) is 6.04 Å². The number of nitrogen functional groups attached to an aromatic ring is 1. The summed E-state index contributed by atoms with van der Waals surface area (Å²) in [7, 11) is 0. The molecule has 0 saturated carbocycles. The topological polar surface area (TPSA) is 284 Å². The van der Waals surface area contributed by atoms with Gasteiger partial charge in [-0.3, -0.25) is 43.6 Å². The molecule has 1 saturated heterocycles. The third kappa shape index (κ3) is 14.6. The number of carbonyl (C=O) groups is 5. The predicted octanol–water partition coefficient (Wildman–Crippen LogP) is 0.794. The molecule has 3 amide bonds. The number of nitrogens with zero attached hydrogens (tertiary/aromatic N) is 7. The number of carboxylic acid groups (broad SMARTS) is 2. The monoisotopic (exact) mass is 857 g/mol. The second-order valence-electron chi connectivity index (χ2n) is 14.8. The molecule has 0 aliphatic carbocycles. The number of carboxylic acids is 2. The molecule has 9 N–H and O–H groups in total. The molecule has 0 spiro atoms. The molecule has 1 aliphatic rings. The van der Waals surface area contributed by atoms with E-state index in [0.29, 0.717) is 48.9 Å². The van der Waals surface area contributed by atoms with Crippen LogP contribution in [-0.4, -0.2) is 164 Å². The first-order chi connectivity index (χ1) is 29.8. The number of nitrogens with two attached hydrogens (primary N) is 1. The summed E-state index contributed by atoms with van der Waals surface area (Å²) in [5, 5.41) is 30.1. The van der Waals surface area contributed by atoms with Crippen molar-refractivity contribution < 1.29 is 34.2 Å². The summed E-state index contributed by atoms with van der Waals surface area (Å²) in [5.74, 6) is -3.43. The summed E-state index contributed by atoms with van der Waals surface area (Å²) in [6, 6.07) is 11.7. The van der Waals surface area contributed by atoms with E-state index in [2.05, 4.69) is 69.8 Å². The summed E-state index contributed by atoms with van der Waals surface area (Å²) in [5.41, 5.74) is 7.43. The van der Waals surface area contributed by atoms with Crippen LogP contribution in [0.1, 0.15) is 42.7 Å². The fourth-order valence-electron chi connectivity index (χ4n) is 6.75. The minimum Gasteiger partial charge on any atom is -0.481 e. The molecule has 5 rings (SSSR count). The Hall–Kier alpha value is -6.55. The highest BCUT2D eigenvalue weighted by Crippen LogP contribution is 2.16. The molecule has 21 heteroatoms. The number of likely N-dealkylation sites (N-methyl/N-ethyl adjacent to an activating group) is 2. The second-order valence-corrected chi connectivity index (χ2v) is 14.8. The average molecular weight is 858 g/mol. The number of aromatic amines is 1. The van der Waals surface area contributed by atoms with E-state index in [1.807, 2.05) is 4.90 Å². The van der Waals surface area contributed by atoms with Crippen molar-refractivity contribution in [1.29, 1.82) is 0 Å². The van der Waals surface area contributed by atoms with Crippen molar-refractivity contribution in [3.63, 3.8) is 0 Å². The molecule has 1 aliphatic heterocycles. The maximum absolute atomic E-state index is 13.4. The quantitative estimate of drug-likeness (QED) is 0.0729. The summed E-state index contributed by atoms with van der Waals surface area (Å²) < 4.78 is 0. The maximum atomic E-state index is 13.4. The Kier molecular flexibility index (Phi) is 17.2. The van der Waals surface area contributed by atoms with Gasteiger partial charge in [-0.05, 0) is 68.0 Å². The number of hydrogen-bond donors (Lipinski definition) is 8. The number of anilines is 4. The molecular weight excluding hydrogens is 803 g/mol. The van der Waals surface area contributed by atoms with Crippen LogP contribution in [0.2, 0.25) is 0 Å². The van der Waals surface area contributed by atoms with Crippen molar-refractivity contribution in [2.75, 3.05) is 100 Å². The average Bonchev–Trinajstić information content (AvgIpc) is 3.24. The number of fused-ring (bicyclic) bond motifs is 1. The largest absolute Gasteiger partial charge is 0.481 e. The minimum absolute atomic E-state index is 0.00592. The van der Waals surface area contributed by atoms with Crippen molar-refractivity contribution in [3.05, 3.63) is 76.3 Å². The Morgan fingerprint density at radius 2 is 1.29 bits per heavy atom. The lowest BCUT2D eigenvalue weighted by Gasteiger charge is -2.33. The van der Waals surface area contributed by atoms with Gasteiger partial charge in [0.05, 0.1) is 31.5 Å². The fraction of sp³-hybridized carbons (Fsp3) is 0.439. The first-order valence-corrected chi connectivity index (χ1v) is 20.5. The van der Waals surface area contributed by atoms with Crippen LogP contribution in [0, 0.1) is 0 Å². The van der Waals surface area contributed by atoms with Gasteiger partial charge in [0.15, 0.2) is 11.2 Å². The van der Waals surface area contributed by atoms with E-state index >= 15 is 0 Å². The fourth-order valence-corrected chi connectivity index (χ4v) is 6.75. The number of benzene rings is 2. The zero-order valence-electron chi connectivity index (χ0n) is 34.9. The van der Waals surface area contributed by atoms with Crippen LogP contribution in [0.25, 0.3) is 11.2 Å². The van der Waals surface area contributed by atoms with E-state index in [9.17, 15) is 39.0 Å². The van der Waals surface area contributed by atoms with Crippen molar-refractivity contribution in [2.24, 2.45) is 0 Å². The van der Waals surface area contributed by atoms with E-state index < -0.39 is 35.4 Å². The molecule has 1 fully saturated rings. The Bertz CT molecular complexity index is 2200. The van der Waals surface area contributed by atoms with E-state index in [4.69, 9.17) is 5.73 Å². The molecule has 2 aromatic carbocycles. The van der Waals surface area contributed by atoms with E-state index in [-0.39, 0.29) is 61.1 Å². The first kappa shape index (κ1) is 46.5. The van der Waals surface area contributed by atoms with Gasteiger partial charge < -0.3 is 47.0 Å². The Labute approximate surface area is 358 Å². The molecular formula is C41H55N13O8. The third-order valence-electron chi connectivity index (χ3n) is 10.4. The SMILES string of the molecule is CCN1CCN(CC(=O)O)CCN(CC)CCN(CC(=O)Nc2ccc(NC(=O)C(CCC(=O)O)NC(=O)c3ccc(NCc4cnc5nc(N)[nH]c(=O)c5n4)cc3)cc2)CC1. The summed E-state index contributed by atoms with van der Waals surface area (Å²) >= 11 is 0. The van der Waals surface area contributed by atoms with Crippen LogP contribution in [0.15, 0.2) is 59.5 Å². The van der Waals surface area contributed by atoms with Crippen LogP contribution in [0.5, 0.6) is 0 Å². The van der Waals surface area contributed by atoms with Gasteiger partial charge in [-0.2, -0.15) is 4.98 Å². The van der Waals surface area contributed by atoms with Crippen LogP contribution in [0.3, 0.4) is 0 Å². The zero-order valence-corrected chi connectivity index (χ0v) is 34.9. The van der Waals surface area contributed by atoms with Gasteiger partial charge in [0.25, 0.3) is 11.5 Å². The van der Waals surface area contributed by atoms with Gasteiger partial charge in [-0.15, -0.1) is 0 Å². The smallest absolute Gasteiger partial charge is 0.317 e. The summed E-state index contributed by atoms with van der Waals surface area (Å²) in [4.78, 5) is 98.3. The number of aliphatic carboxylic acids is 2. The van der Waals surface area contributed by atoms with Gasteiger partial charge in [0.2, 0.25) is 17.8 Å². The molecule has 1 unspecified atom stereocenters. The number of aromatic nitrogens is 4. The molecule has 4 aromatic rings. The number of rotatable bonds is 17. The lowest BCUT2D eigenvalue weighted by atomic mass is 10.1. The Morgan fingerprint density at radius 1 is 0.742 bits per heavy atom. The highest BCUT2D eigenvalue weighted by Gasteiger charge is 2.23. The minimum atomic E-state index is -1.17. The molecule has 332 valence electrons. The van der Waals surface area contributed by atoms with Crippen LogP contribution in [0.4, 0.5) is 23.0 Å². The second kappa shape index (κ2) is 22.9. The number of hydrogen-bond acceptors (Lipinski definition) is 15. The summed E-state index contributed by atoms with van der Waals surface area (Å²) in [6.07, 6.45) is 0.933. The highest BCUT2D eigenvalue weighted by atomic mass is 16.4. The van der Waals surface area contributed by atoms with Crippen molar-refractivity contribution in [3.8, 4) is 0 Å². The van der Waals surface area contributed by atoms with Crippen LogP contribution in [-0.2, 0) is 25.7 Å². The third-order valence-corrected chi connectivity index (χ3v) is 10.4. The number of amides is 3. The molecule has 0 bridgehead atoms. The number of carbonyl (C=O) groups excluding carboxylic acids is 3. The summed E-state index contributed by atoms with van der Waals surface area (Å²) in [6.45, 7) is 11.6. The van der Waals surface area contributed by atoms with E-state index in [1.54, 1.807) is 36.4 Å². The Morgan fingerprint density at radius 3 is 1.85 bits per heavy atom. The van der Waals surface area contributed by atoms with Gasteiger partial charge in [-0.25, -0.2) is 9.97 Å². The van der Waals surface area contributed by atoms with Gasteiger partial charge in [-0.1, -0.05) is 13.8 Å². The van der Waals surface area contributed by atoms with Crippen molar-refractivity contribution in [2.45, 2.75) is 39.3 Å². The highest BCUT2D eigenvalue weighted by molar-refractivity contribution is 6.01. The van der Waals surface area contributed by atoms with E-state index in [1.165, 1.54) is 18.3 Å². The normalized spacial score (nSPS) is 15.5. The number of nitrogens with one attached hydrogen (secondary N) is 5. The molecule has 2 aromatic heterocycles. The van der Waals surface area contributed by atoms with Crippen molar-refractivity contribution in [1.82, 2.24) is 44.9 Å².